The second-order valence-electron chi connectivity index (χ2n) is 8.97. The van der Waals surface area contributed by atoms with E-state index >= 15 is 0 Å². The van der Waals surface area contributed by atoms with Gasteiger partial charge in [-0.2, -0.15) is 0 Å². The Balaban J connectivity index is 1.76. The molecule has 5 rings (SSSR count). The number of hydrogen-bond acceptors (Lipinski definition) is 2. The van der Waals surface area contributed by atoms with E-state index in [0.717, 1.165) is 5.69 Å². The van der Waals surface area contributed by atoms with Gasteiger partial charge >= 0.3 is 0 Å². The molecule has 2 heteroatoms. The fourth-order valence-electron chi connectivity index (χ4n) is 4.81. The van der Waals surface area contributed by atoms with Crippen molar-refractivity contribution in [3.8, 4) is 0 Å². The van der Waals surface area contributed by atoms with E-state index in [4.69, 9.17) is 0 Å². The lowest BCUT2D eigenvalue weighted by Gasteiger charge is -2.29. The first kappa shape index (κ1) is 23.3. The predicted molar refractivity (Wildman–Crippen MR) is 158 cm³/mol. The third kappa shape index (κ3) is 4.58. The Morgan fingerprint density at radius 3 is 1.89 bits per heavy atom. The molecular formula is C34H30N2. The van der Waals surface area contributed by atoms with Crippen LogP contribution in [-0.2, 0) is 0 Å². The third-order valence-corrected chi connectivity index (χ3v) is 6.61. The van der Waals surface area contributed by atoms with Crippen LogP contribution in [0.3, 0.4) is 0 Å². The maximum atomic E-state index is 4.03. The first-order chi connectivity index (χ1) is 17.7. The van der Waals surface area contributed by atoms with Crippen LogP contribution in [0.15, 0.2) is 126 Å². The van der Waals surface area contributed by atoms with Crippen LogP contribution in [0, 0.1) is 6.92 Å². The van der Waals surface area contributed by atoms with E-state index in [1.165, 1.54) is 49.6 Å². The minimum Gasteiger partial charge on any atom is -0.309 e. The molecule has 176 valence electrons. The molecule has 5 aromatic rings. The molecule has 0 unspecified atom stereocenters. The Morgan fingerprint density at radius 2 is 1.28 bits per heavy atom. The molecule has 0 radical (unpaired) electrons. The molecule has 0 atom stereocenters. The van der Waals surface area contributed by atoms with Gasteiger partial charge in [-0.15, -0.1) is 0 Å². The summed E-state index contributed by atoms with van der Waals surface area (Å²) in [5, 5.41) is 4.91. The van der Waals surface area contributed by atoms with Gasteiger partial charge < -0.3 is 4.90 Å². The summed E-state index contributed by atoms with van der Waals surface area (Å²) in [6.45, 7) is 4.34. The number of hydrogen-bond donors (Lipinski definition) is 0. The fraction of sp³-hybridized carbons (Fsp3) is 0.0882. The zero-order chi connectivity index (χ0) is 24.9. The molecule has 5 aromatic carbocycles. The van der Waals surface area contributed by atoms with Crippen molar-refractivity contribution in [3.63, 3.8) is 0 Å². The summed E-state index contributed by atoms with van der Waals surface area (Å²) in [5.41, 5.74) is 7.16. The Morgan fingerprint density at radius 1 is 0.694 bits per heavy atom. The molecule has 0 aliphatic carbocycles. The summed E-state index contributed by atoms with van der Waals surface area (Å²) in [7, 11) is 1.78. The maximum absolute atomic E-state index is 4.03. The predicted octanol–water partition coefficient (Wildman–Crippen LogP) is 9.43. The fourth-order valence-corrected chi connectivity index (χ4v) is 4.81. The number of aliphatic imine (C=N–C) groups is 1. The monoisotopic (exact) mass is 466 g/mol. The van der Waals surface area contributed by atoms with Crippen LogP contribution in [0.1, 0.15) is 18.1 Å². The Hall–Kier alpha value is -4.43. The van der Waals surface area contributed by atoms with Crippen molar-refractivity contribution in [2.24, 2.45) is 4.99 Å². The Kier molecular flexibility index (Phi) is 6.77. The number of nitrogens with zero attached hydrogens (tertiary/aromatic N) is 2. The molecule has 0 aromatic heterocycles. The molecule has 0 amide bonds. The van der Waals surface area contributed by atoms with Gasteiger partial charge in [-0.1, -0.05) is 91.0 Å². The largest absolute Gasteiger partial charge is 0.309 e. The van der Waals surface area contributed by atoms with E-state index < -0.39 is 0 Å². The summed E-state index contributed by atoms with van der Waals surface area (Å²) in [5.74, 6) is 0. The second-order valence-corrected chi connectivity index (χ2v) is 8.97. The Labute approximate surface area is 213 Å². The molecule has 0 aliphatic rings. The molecule has 0 fully saturated rings. The van der Waals surface area contributed by atoms with E-state index in [2.05, 4.69) is 133 Å². The van der Waals surface area contributed by atoms with Gasteiger partial charge in [0.15, 0.2) is 0 Å². The summed E-state index contributed by atoms with van der Waals surface area (Å²) < 4.78 is 0. The van der Waals surface area contributed by atoms with Crippen molar-refractivity contribution in [1.82, 2.24) is 0 Å². The van der Waals surface area contributed by atoms with Gasteiger partial charge in [0.1, 0.15) is 0 Å². The van der Waals surface area contributed by atoms with Crippen LogP contribution >= 0.6 is 0 Å². The highest BCUT2D eigenvalue weighted by atomic mass is 15.1. The minimum absolute atomic E-state index is 1.13. The number of rotatable bonds is 6. The van der Waals surface area contributed by atoms with Crippen molar-refractivity contribution in [2.75, 3.05) is 11.9 Å². The first-order valence-corrected chi connectivity index (χ1v) is 12.3. The average Bonchev–Trinajstić information content (AvgIpc) is 2.92. The van der Waals surface area contributed by atoms with E-state index in [-0.39, 0.29) is 0 Å². The quantitative estimate of drug-likeness (QED) is 0.180. The summed E-state index contributed by atoms with van der Waals surface area (Å²) in [4.78, 5) is 6.43. The summed E-state index contributed by atoms with van der Waals surface area (Å²) >= 11 is 0. The molecular weight excluding hydrogens is 436 g/mol. The SMILES string of the molecule is CN=C/C=C\C=C(/C)c1cc(N(c2cccc3ccccc23)c2cccc3ccccc23)ccc1C. The van der Waals surface area contributed by atoms with Crippen LogP contribution in [0.4, 0.5) is 17.1 Å². The lowest BCUT2D eigenvalue weighted by Crippen LogP contribution is -2.11. The number of benzene rings is 5. The van der Waals surface area contributed by atoms with E-state index in [0.29, 0.717) is 0 Å². The highest BCUT2D eigenvalue weighted by Gasteiger charge is 2.18. The highest BCUT2D eigenvalue weighted by molar-refractivity contribution is 6.04. The minimum atomic E-state index is 1.13. The second kappa shape index (κ2) is 10.5. The number of allylic oxidation sites excluding steroid dienone is 4. The molecule has 36 heavy (non-hydrogen) atoms. The van der Waals surface area contributed by atoms with Crippen LogP contribution in [-0.4, -0.2) is 13.3 Å². The number of aryl methyl sites for hydroxylation is 1. The molecule has 0 bridgehead atoms. The van der Waals surface area contributed by atoms with Gasteiger partial charge in [-0.3, -0.25) is 4.99 Å². The molecule has 0 N–H and O–H groups in total. The zero-order valence-corrected chi connectivity index (χ0v) is 21.0. The van der Waals surface area contributed by atoms with Gasteiger partial charge in [-0.05, 0) is 71.7 Å². The molecule has 0 saturated carbocycles. The lowest BCUT2D eigenvalue weighted by atomic mass is 9.98. The summed E-state index contributed by atoms with van der Waals surface area (Å²) in [6.07, 6.45) is 7.95. The van der Waals surface area contributed by atoms with Gasteiger partial charge in [0, 0.05) is 29.7 Å². The van der Waals surface area contributed by atoms with E-state index in [9.17, 15) is 0 Å². The van der Waals surface area contributed by atoms with Crippen LogP contribution in [0.5, 0.6) is 0 Å². The summed E-state index contributed by atoms with van der Waals surface area (Å²) in [6, 6.07) is 37.1. The van der Waals surface area contributed by atoms with Crippen molar-refractivity contribution in [1.29, 1.82) is 0 Å². The number of fused-ring (bicyclic) bond motifs is 2. The van der Waals surface area contributed by atoms with Crippen molar-refractivity contribution < 1.29 is 0 Å². The smallest absolute Gasteiger partial charge is 0.0540 e. The van der Waals surface area contributed by atoms with E-state index in [1.54, 1.807) is 13.3 Å². The van der Waals surface area contributed by atoms with Crippen molar-refractivity contribution in [2.45, 2.75) is 13.8 Å². The topological polar surface area (TPSA) is 15.6 Å². The van der Waals surface area contributed by atoms with Gasteiger partial charge in [-0.25, -0.2) is 0 Å². The lowest BCUT2D eigenvalue weighted by molar-refractivity contribution is 1.29. The standard InChI is InChI=1S/C34H30N2/c1-25(12-8-9-23-35-3)32-24-29(22-21-26(32)2)36(33-19-10-15-27-13-4-6-17-30(27)33)34-20-11-16-28-14-5-7-18-31(28)34/h4-24H,1-3H3/b9-8-,25-12+,35-23?. The van der Waals surface area contributed by atoms with Crippen LogP contribution < -0.4 is 4.90 Å². The van der Waals surface area contributed by atoms with Crippen LogP contribution in [0.25, 0.3) is 27.1 Å². The molecule has 0 heterocycles. The molecule has 0 saturated heterocycles. The van der Waals surface area contributed by atoms with Gasteiger partial charge in [0.25, 0.3) is 0 Å². The van der Waals surface area contributed by atoms with E-state index in [1.807, 2.05) is 12.2 Å². The third-order valence-electron chi connectivity index (χ3n) is 6.61. The maximum Gasteiger partial charge on any atom is 0.0540 e. The normalized spacial score (nSPS) is 12.2. The molecule has 0 spiro atoms. The number of anilines is 3. The Bertz CT molecular complexity index is 1530. The van der Waals surface area contributed by atoms with Crippen LogP contribution in [0.2, 0.25) is 0 Å². The molecule has 0 aliphatic heterocycles. The van der Waals surface area contributed by atoms with Gasteiger partial charge in [0.2, 0.25) is 0 Å². The first-order valence-electron chi connectivity index (χ1n) is 12.3. The van der Waals surface area contributed by atoms with Crippen molar-refractivity contribution >= 4 is 50.4 Å². The van der Waals surface area contributed by atoms with Gasteiger partial charge in [0.05, 0.1) is 11.4 Å². The van der Waals surface area contributed by atoms with Crippen molar-refractivity contribution in [3.05, 3.63) is 132 Å². The highest BCUT2D eigenvalue weighted by Crippen LogP contribution is 2.42. The average molecular weight is 467 g/mol. The molecule has 2 nitrogen and oxygen atoms in total. The zero-order valence-electron chi connectivity index (χ0n) is 21.0.